The van der Waals surface area contributed by atoms with Crippen LogP contribution in [-0.2, 0) is 9.47 Å². The standard InChI is InChI=1S/C25H28FN3O4/c1-15-8-9-27-25(30)33-16(2)17-11-18(13-19(26)12-17)24-21-14-20(32-15)6-7-22(21)29(28-24)23-5-3-4-10-31-23/h6-7,11-16,23H,3-5,8-10H2,1-2H3,(H,27,30)/t15-,16-,23?/m1/s1. The molecule has 8 heteroatoms. The van der Waals surface area contributed by atoms with Gasteiger partial charge in [-0.2, -0.15) is 5.10 Å². The number of nitrogens with one attached hydrogen (secondary N) is 1. The molecule has 1 unspecified atom stereocenters. The Bertz CT molecular complexity index is 1170. The van der Waals surface area contributed by atoms with Crippen molar-refractivity contribution in [3.63, 3.8) is 0 Å². The highest BCUT2D eigenvalue weighted by molar-refractivity contribution is 5.94. The number of hydrogen-bond acceptors (Lipinski definition) is 5. The van der Waals surface area contributed by atoms with Gasteiger partial charge in [-0.3, -0.25) is 0 Å². The van der Waals surface area contributed by atoms with E-state index in [2.05, 4.69) is 5.32 Å². The molecule has 7 nitrogen and oxygen atoms in total. The predicted octanol–water partition coefficient (Wildman–Crippen LogP) is 5.50. The number of amides is 1. The Morgan fingerprint density at radius 1 is 1.09 bits per heavy atom. The molecule has 1 amide bonds. The van der Waals surface area contributed by atoms with Crippen LogP contribution in [0.4, 0.5) is 9.18 Å². The number of carbonyl (C=O) groups is 1. The third kappa shape index (κ3) is 4.53. The molecule has 0 spiro atoms. The number of halogens is 1. The zero-order valence-corrected chi connectivity index (χ0v) is 18.8. The van der Waals surface area contributed by atoms with E-state index in [0.29, 0.717) is 42.1 Å². The van der Waals surface area contributed by atoms with Gasteiger partial charge in [0.2, 0.25) is 0 Å². The van der Waals surface area contributed by atoms with Gasteiger partial charge in [-0.1, -0.05) is 0 Å². The number of hydrogen-bond donors (Lipinski definition) is 1. The van der Waals surface area contributed by atoms with Crippen molar-refractivity contribution in [3.05, 3.63) is 47.8 Å². The summed E-state index contributed by atoms with van der Waals surface area (Å²) in [6, 6.07) is 10.5. The Hall–Kier alpha value is -3.13. The lowest BCUT2D eigenvalue weighted by Gasteiger charge is -2.23. The van der Waals surface area contributed by atoms with Crippen LogP contribution >= 0.6 is 0 Å². The highest BCUT2D eigenvalue weighted by Crippen LogP contribution is 2.36. The summed E-state index contributed by atoms with van der Waals surface area (Å²) < 4.78 is 34.2. The maximum Gasteiger partial charge on any atom is 0.407 e. The summed E-state index contributed by atoms with van der Waals surface area (Å²) in [4.78, 5) is 12.2. The van der Waals surface area contributed by atoms with Gasteiger partial charge in [-0.05, 0) is 75.1 Å². The maximum atomic E-state index is 14.7. The van der Waals surface area contributed by atoms with Gasteiger partial charge in [-0.15, -0.1) is 0 Å². The average Bonchev–Trinajstić information content (AvgIpc) is 3.17. The molecule has 3 aromatic rings. The lowest BCUT2D eigenvalue weighted by atomic mass is 10.0. The molecular weight excluding hydrogens is 425 g/mol. The van der Waals surface area contributed by atoms with Crippen molar-refractivity contribution >= 4 is 17.0 Å². The molecule has 1 fully saturated rings. The van der Waals surface area contributed by atoms with Crippen LogP contribution in [0.1, 0.15) is 57.4 Å². The summed E-state index contributed by atoms with van der Waals surface area (Å²) in [6.07, 6.45) is 2.15. The van der Waals surface area contributed by atoms with Gasteiger partial charge in [0.1, 0.15) is 23.4 Å². The molecule has 0 radical (unpaired) electrons. The fourth-order valence-electron chi connectivity index (χ4n) is 4.47. The largest absolute Gasteiger partial charge is 0.491 e. The summed E-state index contributed by atoms with van der Waals surface area (Å²) in [7, 11) is 0. The van der Waals surface area contributed by atoms with Crippen molar-refractivity contribution in [2.75, 3.05) is 13.2 Å². The highest BCUT2D eigenvalue weighted by atomic mass is 19.1. The third-order valence-corrected chi connectivity index (χ3v) is 6.21. The molecule has 2 aromatic carbocycles. The molecule has 3 heterocycles. The Morgan fingerprint density at radius 3 is 2.79 bits per heavy atom. The number of benzene rings is 2. The van der Waals surface area contributed by atoms with Crippen molar-refractivity contribution in [1.82, 2.24) is 15.1 Å². The van der Waals surface area contributed by atoms with Crippen LogP contribution in [0.2, 0.25) is 0 Å². The second kappa shape index (κ2) is 9.02. The molecule has 1 N–H and O–H groups in total. The summed E-state index contributed by atoms with van der Waals surface area (Å²) in [6.45, 7) is 4.79. The molecule has 0 saturated carbocycles. The van der Waals surface area contributed by atoms with Crippen LogP contribution in [0.15, 0.2) is 36.4 Å². The molecule has 3 atom stereocenters. The zero-order valence-electron chi connectivity index (χ0n) is 18.8. The summed E-state index contributed by atoms with van der Waals surface area (Å²) in [5.41, 5.74) is 2.73. The van der Waals surface area contributed by atoms with Crippen molar-refractivity contribution in [3.8, 4) is 17.0 Å². The van der Waals surface area contributed by atoms with Crippen LogP contribution in [0.3, 0.4) is 0 Å². The quantitative estimate of drug-likeness (QED) is 0.527. The van der Waals surface area contributed by atoms with Gasteiger partial charge in [-0.25, -0.2) is 13.9 Å². The van der Waals surface area contributed by atoms with Crippen LogP contribution in [0, 0.1) is 5.82 Å². The normalized spacial score (nSPS) is 23.8. The molecule has 33 heavy (non-hydrogen) atoms. The first-order valence-corrected chi connectivity index (χ1v) is 11.5. The topological polar surface area (TPSA) is 74.6 Å². The maximum absolute atomic E-state index is 14.7. The Morgan fingerprint density at radius 2 is 1.97 bits per heavy atom. The fourth-order valence-corrected chi connectivity index (χ4v) is 4.47. The lowest BCUT2D eigenvalue weighted by molar-refractivity contribution is -0.0365. The number of aromatic nitrogens is 2. The van der Waals surface area contributed by atoms with Crippen LogP contribution in [0.5, 0.6) is 5.75 Å². The first kappa shape index (κ1) is 21.7. The van der Waals surface area contributed by atoms with Crippen LogP contribution in [0.25, 0.3) is 22.2 Å². The highest BCUT2D eigenvalue weighted by Gasteiger charge is 2.24. The van der Waals surface area contributed by atoms with Gasteiger partial charge < -0.3 is 19.5 Å². The second-order valence-corrected chi connectivity index (χ2v) is 8.76. The minimum atomic E-state index is -0.621. The van der Waals surface area contributed by atoms with E-state index in [1.165, 1.54) is 12.1 Å². The first-order chi connectivity index (χ1) is 16.0. The smallest absolute Gasteiger partial charge is 0.407 e. The van der Waals surface area contributed by atoms with E-state index in [9.17, 15) is 9.18 Å². The van der Waals surface area contributed by atoms with Gasteiger partial charge in [0, 0.05) is 30.5 Å². The number of alkyl carbamates (subject to hydrolysis) is 1. The van der Waals surface area contributed by atoms with Gasteiger partial charge >= 0.3 is 6.09 Å². The second-order valence-electron chi connectivity index (χ2n) is 8.76. The van der Waals surface area contributed by atoms with E-state index in [4.69, 9.17) is 19.3 Å². The summed E-state index contributed by atoms with van der Waals surface area (Å²) in [5.74, 6) is 0.281. The van der Waals surface area contributed by atoms with E-state index in [1.54, 1.807) is 6.92 Å². The van der Waals surface area contributed by atoms with E-state index in [0.717, 1.165) is 30.2 Å². The zero-order chi connectivity index (χ0) is 22.9. The van der Waals surface area contributed by atoms with Gasteiger partial charge in [0.05, 0.1) is 11.6 Å². The number of rotatable bonds is 1. The lowest BCUT2D eigenvalue weighted by Crippen LogP contribution is -2.29. The number of carbonyl (C=O) groups excluding carboxylic acids is 1. The van der Waals surface area contributed by atoms with Crippen molar-refractivity contribution in [1.29, 1.82) is 0 Å². The first-order valence-electron chi connectivity index (χ1n) is 11.5. The van der Waals surface area contributed by atoms with Crippen LogP contribution < -0.4 is 10.1 Å². The SMILES string of the molecule is C[C@@H]1CCNC(=O)O[C@H](C)c2cc(F)cc(c2)-c2nn(C3CCCCO3)c3ccc(cc23)O1. The molecule has 174 valence electrons. The van der Waals surface area contributed by atoms with Crippen LogP contribution in [-0.4, -0.2) is 35.1 Å². The minimum absolute atomic E-state index is 0.121. The number of fused-ring (bicyclic) bond motifs is 4. The number of cyclic esters (lactones) is 1. The predicted molar refractivity (Wildman–Crippen MR) is 122 cm³/mol. The molecule has 0 aliphatic carbocycles. The summed E-state index contributed by atoms with van der Waals surface area (Å²) in [5, 5.41) is 8.49. The number of nitrogens with zero attached hydrogens (tertiary/aromatic N) is 2. The average molecular weight is 454 g/mol. The summed E-state index contributed by atoms with van der Waals surface area (Å²) >= 11 is 0. The molecule has 5 rings (SSSR count). The Labute approximate surface area is 191 Å². The van der Waals surface area contributed by atoms with E-state index in [1.807, 2.05) is 35.9 Å². The van der Waals surface area contributed by atoms with Gasteiger partial charge in [0.15, 0.2) is 6.23 Å². The van der Waals surface area contributed by atoms with E-state index < -0.39 is 18.0 Å². The minimum Gasteiger partial charge on any atom is -0.491 e. The fraction of sp³-hybridized carbons (Fsp3) is 0.440. The van der Waals surface area contributed by atoms with E-state index in [-0.39, 0.29) is 12.3 Å². The van der Waals surface area contributed by atoms with Gasteiger partial charge in [0.25, 0.3) is 0 Å². The molecule has 2 aliphatic rings. The molecule has 1 saturated heterocycles. The van der Waals surface area contributed by atoms with Crippen molar-refractivity contribution < 1.29 is 23.4 Å². The molecule has 2 aliphatic heterocycles. The van der Waals surface area contributed by atoms with Crippen molar-refractivity contribution in [2.45, 2.75) is 58.0 Å². The molecule has 4 bridgehead atoms. The third-order valence-electron chi connectivity index (χ3n) is 6.21. The number of ether oxygens (including phenoxy) is 3. The molecular formula is C25H28FN3O4. The Balaban J connectivity index is 1.68. The van der Waals surface area contributed by atoms with E-state index >= 15 is 0 Å². The Kier molecular flexibility index (Phi) is 5.93. The monoisotopic (exact) mass is 453 g/mol. The van der Waals surface area contributed by atoms with Crippen molar-refractivity contribution in [2.24, 2.45) is 0 Å². The molecule has 1 aromatic heterocycles.